The van der Waals surface area contributed by atoms with Gasteiger partial charge in [-0.25, -0.2) is 0 Å². The summed E-state index contributed by atoms with van der Waals surface area (Å²) in [5.41, 5.74) is 7.57. The monoisotopic (exact) mass is 540 g/mol. The first-order valence-electron chi connectivity index (χ1n) is 14.0. The standard InChI is InChI=1S/C29H41ClN6O2/c1-4-23-17-35(15-16-36(23)27(37)10-12-30)28-24-11-14-34(26-9-5-7-20(2)21(26)3)18-25(24)32-29(33-28)38-19-22-8-6-13-31-22/h5,7,9-10,12,22-23,27,31,37H,4,6,8,11,13-19H2,1-3H3/b12-10-/t22-,23-,27?/m0/s1. The number of aliphatic hydroxyl groups excluding tert-OH is 1. The van der Waals surface area contributed by atoms with Crippen LogP contribution in [-0.2, 0) is 13.0 Å². The molecule has 5 rings (SSSR count). The Morgan fingerprint density at radius 1 is 1.21 bits per heavy atom. The minimum absolute atomic E-state index is 0.194. The number of anilines is 2. The van der Waals surface area contributed by atoms with Gasteiger partial charge in [0.05, 0.1) is 12.2 Å². The van der Waals surface area contributed by atoms with Gasteiger partial charge in [-0.15, -0.1) is 0 Å². The van der Waals surface area contributed by atoms with Crippen molar-refractivity contribution in [2.45, 2.75) is 71.3 Å². The normalized spacial score (nSPS) is 23.2. The van der Waals surface area contributed by atoms with Crippen LogP contribution in [0.2, 0.25) is 0 Å². The minimum atomic E-state index is -0.678. The molecule has 4 heterocycles. The second-order valence-electron chi connectivity index (χ2n) is 10.7. The lowest BCUT2D eigenvalue weighted by atomic mass is 10.0. The Balaban J connectivity index is 1.43. The highest BCUT2D eigenvalue weighted by atomic mass is 35.5. The van der Waals surface area contributed by atoms with Gasteiger partial charge in [-0.1, -0.05) is 30.7 Å². The molecule has 3 aliphatic rings. The molecule has 2 saturated heterocycles. The molecule has 3 aliphatic heterocycles. The second-order valence-corrected chi connectivity index (χ2v) is 11.0. The molecule has 9 heteroatoms. The van der Waals surface area contributed by atoms with Gasteiger partial charge in [-0.2, -0.15) is 9.97 Å². The molecule has 38 heavy (non-hydrogen) atoms. The first-order chi connectivity index (χ1) is 18.5. The third-order valence-corrected chi connectivity index (χ3v) is 8.54. The molecule has 2 N–H and O–H groups in total. The lowest BCUT2D eigenvalue weighted by Crippen LogP contribution is -2.56. The summed E-state index contributed by atoms with van der Waals surface area (Å²) >= 11 is 5.76. The van der Waals surface area contributed by atoms with Crippen LogP contribution in [0, 0.1) is 13.8 Å². The van der Waals surface area contributed by atoms with Crippen LogP contribution in [-0.4, -0.2) is 77.6 Å². The van der Waals surface area contributed by atoms with Crippen molar-refractivity contribution in [3.8, 4) is 6.01 Å². The van der Waals surface area contributed by atoms with Crippen molar-refractivity contribution in [3.05, 3.63) is 52.2 Å². The Bertz CT molecular complexity index is 1140. The maximum Gasteiger partial charge on any atom is 0.318 e. The number of hydrogen-bond donors (Lipinski definition) is 2. The van der Waals surface area contributed by atoms with Crippen LogP contribution < -0.4 is 19.9 Å². The van der Waals surface area contributed by atoms with E-state index in [1.807, 2.05) is 0 Å². The van der Waals surface area contributed by atoms with Crippen LogP contribution in [0.15, 0.2) is 29.8 Å². The molecule has 206 valence electrons. The van der Waals surface area contributed by atoms with Crippen molar-refractivity contribution in [3.63, 3.8) is 0 Å². The highest BCUT2D eigenvalue weighted by Crippen LogP contribution is 2.34. The van der Waals surface area contributed by atoms with E-state index in [0.717, 1.165) is 70.0 Å². The van der Waals surface area contributed by atoms with E-state index in [9.17, 15) is 5.11 Å². The third kappa shape index (κ3) is 5.78. The van der Waals surface area contributed by atoms with Gasteiger partial charge in [0.15, 0.2) is 0 Å². The van der Waals surface area contributed by atoms with Gasteiger partial charge in [0.2, 0.25) is 0 Å². The van der Waals surface area contributed by atoms with Crippen LogP contribution in [0.4, 0.5) is 11.5 Å². The van der Waals surface area contributed by atoms with E-state index < -0.39 is 6.23 Å². The Kier molecular flexibility index (Phi) is 8.73. The topological polar surface area (TPSA) is 77.0 Å². The predicted molar refractivity (Wildman–Crippen MR) is 153 cm³/mol. The summed E-state index contributed by atoms with van der Waals surface area (Å²) in [6.45, 7) is 12.1. The van der Waals surface area contributed by atoms with Crippen LogP contribution >= 0.6 is 11.6 Å². The first-order valence-corrected chi connectivity index (χ1v) is 14.4. The fourth-order valence-electron chi connectivity index (χ4n) is 6.02. The van der Waals surface area contributed by atoms with Gasteiger partial charge in [0, 0.05) is 55.0 Å². The first kappa shape index (κ1) is 27.2. The number of benzene rings is 1. The summed E-state index contributed by atoms with van der Waals surface area (Å²) < 4.78 is 6.21. The molecule has 2 fully saturated rings. The van der Waals surface area contributed by atoms with Crippen molar-refractivity contribution in [2.24, 2.45) is 0 Å². The zero-order valence-electron chi connectivity index (χ0n) is 22.9. The average Bonchev–Trinajstić information content (AvgIpc) is 3.46. The molecule has 0 radical (unpaired) electrons. The maximum absolute atomic E-state index is 10.6. The number of aliphatic hydroxyl groups is 1. The molecule has 0 amide bonds. The Hall–Kier alpha value is -2.39. The fourth-order valence-corrected chi connectivity index (χ4v) is 6.15. The molecule has 1 aromatic carbocycles. The fraction of sp³-hybridized carbons (Fsp3) is 0.586. The number of rotatable bonds is 8. The van der Waals surface area contributed by atoms with Gasteiger partial charge in [0.25, 0.3) is 0 Å². The average molecular weight is 541 g/mol. The van der Waals surface area contributed by atoms with Crippen LogP contribution in [0.3, 0.4) is 0 Å². The quantitative estimate of drug-likeness (QED) is 0.524. The summed E-state index contributed by atoms with van der Waals surface area (Å²) in [7, 11) is 0. The van der Waals surface area contributed by atoms with E-state index in [2.05, 4.69) is 59.0 Å². The summed E-state index contributed by atoms with van der Waals surface area (Å²) in [5.74, 6) is 0.991. The van der Waals surface area contributed by atoms with Gasteiger partial charge in [-0.05, 0) is 69.3 Å². The number of piperazine rings is 1. The maximum atomic E-state index is 10.6. The molecule has 1 unspecified atom stereocenters. The summed E-state index contributed by atoms with van der Waals surface area (Å²) in [4.78, 5) is 16.9. The van der Waals surface area contributed by atoms with Crippen molar-refractivity contribution in [1.82, 2.24) is 20.2 Å². The van der Waals surface area contributed by atoms with E-state index >= 15 is 0 Å². The Morgan fingerprint density at radius 2 is 2.08 bits per heavy atom. The van der Waals surface area contributed by atoms with E-state index in [4.69, 9.17) is 26.3 Å². The van der Waals surface area contributed by atoms with Gasteiger partial charge >= 0.3 is 6.01 Å². The number of ether oxygens (including phenoxy) is 1. The Labute approximate surface area is 231 Å². The molecular weight excluding hydrogens is 500 g/mol. The van der Waals surface area contributed by atoms with E-state index in [0.29, 0.717) is 18.7 Å². The predicted octanol–water partition coefficient (Wildman–Crippen LogP) is 3.76. The Morgan fingerprint density at radius 3 is 2.84 bits per heavy atom. The van der Waals surface area contributed by atoms with Crippen LogP contribution in [0.25, 0.3) is 0 Å². The molecule has 0 spiro atoms. The molecule has 8 nitrogen and oxygen atoms in total. The molecule has 1 aromatic heterocycles. The number of hydrogen-bond acceptors (Lipinski definition) is 8. The minimum Gasteiger partial charge on any atom is -0.462 e. The highest BCUT2D eigenvalue weighted by Gasteiger charge is 2.33. The van der Waals surface area contributed by atoms with Crippen molar-refractivity contribution >= 4 is 23.1 Å². The third-order valence-electron chi connectivity index (χ3n) is 8.40. The number of fused-ring (bicyclic) bond motifs is 1. The molecule has 0 bridgehead atoms. The SMILES string of the molecule is CC[C@H]1CN(c2nc(OC[C@@H]3CCCN3)nc3c2CCN(c2cccc(C)c2C)C3)CCN1C(O)/C=C\Cl. The van der Waals surface area contributed by atoms with Gasteiger partial charge in [0.1, 0.15) is 18.7 Å². The smallest absolute Gasteiger partial charge is 0.318 e. The lowest BCUT2D eigenvalue weighted by molar-refractivity contribution is 0.00168. The number of aromatic nitrogens is 2. The van der Waals surface area contributed by atoms with E-state index in [1.165, 1.54) is 34.3 Å². The molecule has 0 aliphatic carbocycles. The summed E-state index contributed by atoms with van der Waals surface area (Å²) in [6, 6.07) is 7.54. The summed E-state index contributed by atoms with van der Waals surface area (Å²) in [5, 5.41) is 14.1. The van der Waals surface area contributed by atoms with Crippen molar-refractivity contribution in [2.75, 3.05) is 49.1 Å². The molecular formula is C29H41ClN6O2. The zero-order valence-corrected chi connectivity index (χ0v) is 23.6. The second kappa shape index (κ2) is 12.2. The number of halogens is 1. The van der Waals surface area contributed by atoms with Gasteiger partial charge < -0.3 is 25.0 Å². The van der Waals surface area contributed by atoms with Crippen LogP contribution in [0.1, 0.15) is 48.6 Å². The van der Waals surface area contributed by atoms with E-state index in [-0.39, 0.29) is 6.04 Å². The lowest BCUT2D eigenvalue weighted by Gasteiger charge is -2.44. The highest BCUT2D eigenvalue weighted by molar-refractivity contribution is 6.25. The summed E-state index contributed by atoms with van der Waals surface area (Å²) in [6.07, 6.45) is 5.07. The van der Waals surface area contributed by atoms with Crippen LogP contribution in [0.5, 0.6) is 6.01 Å². The number of nitrogens with zero attached hydrogens (tertiary/aromatic N) is 5. The number of aryl methyl sites for hydroxylation is 1. The van der Waals surface area contributed by atoms with Crippen molar-refractivity contribution < 1.29 is 9.84 Å². The number of nitrogens with one attached hydrogen (secondary N) is 1. The van der Waals surface area contributed by atoms with Gasteiger partial charge in [-0.3, -0.25) is 4.90 Å². The molecule has 0 saturated carbocycles. The van der Waals surface area contributed by atoms with E-state index in [1.54, 1.807) is 6.08 Å². The molecule has 3 atom stereocenters. The van der Waals surface area contributed by atoms with Crippen molar-refractivity contribution in [1.29, 1.82) is 0 Å². The largest absolute Gasteiger partial charge is 0.462 e. The molecule has 2 aromatic rings. The zero-order chi connectivity index (χ0) is 26.6.